The molecule has 0 saturated carbocycles. The van der Waals surface area contributed by atoms with Crippen molar-refractivity contribution in [2.24, 2.45) is 0 Å². The molecule has 0 aromatic heterocycles. The molecule has 0 amide bonds. The number of hydrogen-bond acceptors (Lipinski definition) is 4. The Bertz CT molecular complexity index is 455. The standard InChI is InChI=1S/C12H19NO3S/c1-10(2)16-9-8-13-11-6-4-5-7-12(11)17(3,14)15/h4-7,10,13H,8-9H2,1-3H3. The van der Waals surface area contributed by atoms with Gasteiger partial charge in [-0.3, -0.25) is 0 Å². The lowest BCUT2D eigenvalue weighted by atomic mass is 10.3. The Labute approximate surface area is 103 Å². The number of sulfone groups is 1. The zero-order valence-corrected chi connectivity index (χ0v) is 11.3. The van der Waals surface area contributed by atoms with Crippen LogP contribution < -0.4 is 5.32 Å². The maximum atomic E-state index is 11.5. The van der Waals surface area contributed by atoms with Crippen molar-refractivity contribution in [3.05, 3.63) is 24.3 Å². The number of benzene rings is 1. The van der Waals surface area contributed by atoms with E-state index in [0.29, 0.717) is 23.7 Å². The number of anilines is 1. The van der Waals surface area contributed by atoms with Crippen molar-refractivity contribution in [1.82, 2.24) is 0 Å². The Morgan fingerprint density at radius 3 is 2.53 bits per heavy atom. The van der Waals surface area contributed by atoms with Gasteiger partial charge in [0, 0.05) is 12.8 Å². The molecule has 0 spiro atoms. The topological polar surface area (TPSA) is 55.4 Å². The van der Waals surface area contributed by atoms with Gasteiger partial charge in [0.05, 0.1) is 23.3 Å². The predicted octanol–water partition coefficient (Wildman–Crippen LogP) is 1.93. The molecule has 4 nitrogen and oxygen atoms in total. The first-order chi connectivity index (χ1) is 7.91. The summed E-state index contributed by atoms with van der Waals surface area (Å²) < 4.78 is 28.4. The normalized spacial score (nSPS) is 11.8. The third-order valence-electron chi connectivity index (χ3n) is 2.16. The molecule has 0 atom stereocenters. The lowest BCUT2D eigenvalue weighted by Crippen LogP contribution is -2.14. The number of hydrogen-bond donors (Lipinski definition) is 1. The van der Waals surface area contributed by atoms with Crippen LogP contribution in [0.15, 0.2) is 29.2 Å². The first kappa shape index (κ1) is 14.0. The van der Waals surface area contributed by atoms with E-state index in [4.69, 9.17) is 4.74 Å². The van der Waals surface area contributed by atoms with Crippen molar-refractivity contribution in [3.8, 4) is 0 Å². The Morgan fingerprint density at radius 1 is 1.29 bits per heavy atom. The van der Waals surface area contributed by atoms with Gasteiger partial charge in [-0.15, -0.1) is 0 Å². The maximum absolute atomic E-state index is 11.5. The van der Waals surface area contributed by atoms with Gasteiger partial charge in [-0.1, -0.05) is 12.1 Å². The molecule has 0 unspecified atom stereocenters. The highest BCUT2D eigenvalue weighted by Crippen LogP contribution is 2.20. The van der Waals surface area contributed by atoms with Gasteiger partial charge in [0.25, 0.3) is 0 Å². The first-order valence-electron chi connectivity index (χ1n) is 5.56. The monoisotopic (exact) mass is 257 g/mol. The number of rotatable bonds is 6. The molecule has 1 rings (SSSR count). The summed E-state index contributed by atoms with van der Waals surface area (Å²) in [6.45, 7) is 5.06. The SMILES string of the molecule is CC(C)OCCNc1ccccc1S(C)(=O)=O. The number of nitrogens with one attached hydrogen (secondary N) is 1. The summed E-state index contributed by atoms with van der Waals surface area (Å²) in [5.74, 6) is 0. The minimum atomic E-state index is -3.19. The van der Waals surface area contributed by atoms with Crippen LogP contribution in [0, 0.1) is 0 Å². The van der Waals surface area contributed by atoms with Gasteiger partial charge in [-0.05, 0) is 26.0 Å². The second-order valence-electron chi connectivity index (χ2n) is 4.11. The van der Waals surface area contributed by atoms with Gasteiger partial charge in [0.15, 0.2) is 9.84 Å². The fourth-order valence-electron chi connectivity index (χ4n) is 1.42. The third kappa shape index (κ3) is 4.75. The van der Waals surface area contributed by atoms with Crippen LogP contribution in [-0.2, 0) is 14.6 Å². The summed E-state index contributed by atoms with van der Waals surface area (Å²) in [6, 6.07) is 6.87. The van der Waals surface area contributed by atoms with Gasteiger partial charge in [-0.2, -0.15) is 0 Å². The Hall–Kier alpha value is -1.07. The molecule has 0 fully saturated rings. The number of ether oxygens (including phenoxy) is 1. The molecule has 0 aliphatic rings. The van der Waals surface area contributed by atoms with Crippen LogP contribution in [0.5, 0.6) is 0 Å². The van der Waals surface area contributed by atoms with E-state index in [0.717, 1.165) is 0 Å². The smallest absolute Gasteiger partial charge is 0.177 e. The van der Waals surface area contributed by atoms with E-state index in [1.54, 1.807) is 24.3 Å². The van der Waals surface area contributed by atoms with Gasteiger partial charge in [0.2, 0.25) is 0 Å². The molecule has 0 saturated heterocycles. The van der Waals surface area contributed by atoms with Gasteiger partial charge in [-0.25, -0.2) is 8.42 Å². The van der Waals surface area contributed by atoms with Crippen molar-refractivity contribution in [2.45, 2.75) is 24.8 Å². The average Bonchev–Trinajstić information content (AvgIpc) is 2.23. The van der Waals surface area contributed by atoms with Crippen molar-refractivity contribution in [2.75, 3.05) is 24.7 Å². The van der Waals surface area contributed by atoms with Crippen LogP contribution in [0.4, 0.5) is 5.69 Å². The highest BCUT2D eigenvalue weighted by Gasteiger charge is 2.11. The molecule has 96 valence electrons. The largest absolute Gasteiger partial charge is 0.382 e. The van der Waals surface area contributed by atoms with Crippen molar-refractivity contribution < 1.29 is 13.2 Å². The Morgan fingerprint density at radius 2 is 1.94 bits per heavy atom. The van der Waals surface area contributed by atoms with Crippen LogP contribution in [0.1, 0.15) is 13.8 Å². The molecule has 0 heterocycles. The molecule has 0 aliphatic heterocycles. The second kappa shape index (κ2) is 6.02. The summed E-state index contributed by atoms with van der Waals surface area (Å²) in [4.78, 5) is 0.324. The minimum Gasteiger partial charge on any atom is -0.382 e. The lowest BCUT2D eigenvalue weighted by Gasteiger charge is -2.12. The van der Waals surface area contributed by atoms with Crippen molar-refractivity contribution >= 4 is 15.5 Å². The second-order valence-corrected chi connectivity index (χ2v) is 6.10. The van der Waals surface area contributed by atoms with E-state index in [1.807, 2.05) is 13.8 Å². The summed E-state index contributed by atoms with van der Waals surface area (Å²) in [7, 11) is -3.19. The van der Waals surface area contributed by atoms with Crippen LogP contribution in [-0.4, -0.2) is 33.9 Å². The molecule has 0 radical (unpaired) electrons. The van der Waals surface area contributed by atoms with E-state index in [-0.39, 0.29) is 6.10 Å². The van der Waals surface area contributed by atoms with Crippen LogP contribution >= 0.6 is 0 Å². The summed E-state index contributed by atoms with van der Waals surface area (Å²) in [6.07, 6.45) is 1.39. The lowest BCUT2D eigenvalue weighted by molar-refractivity contribution is 0.0870. The van der Waals surface area contributed by atoms with Crippen LogP contribution in [0.3, 0.4) is 0 Å². The van der Waals surface area contributed by atoms with E-state index >= 15 is 0 Å². The molecule has 17 heavy (non-hydrogen) atoms. The first-order valence-corrected chi connectivity index (χ1v) is 7.45. The zero-order valence-electron chi connectivity index (χ0n) is 10.4. The van der Waals surface area contributed by atoms with E-state index in [1.165, 1.54) is 6.26 Å². The highest BCUT2D eigenvalue weighted by molar-refractivity contribution is 7.90. The zero-order chi connectivity index (χ0) is 12.9. The molecule has 0 aliphatic carbocycles. The van der Waals surface area contributed by atoms with Gasteiger partial charge in [0.1, 0.15) is 0 Å². The predicted molar refractivity (Wildman–Crippen MR) is 69.1 cm³/mol. The fraction of sp³-hybridized carbons (Fsp3) is 0.500. The van der Waals surface area contributed by atoms with Gasteiger partial charge < -0.3 is 10.1 Å². The average molecular weight is 257 g/mol. The Kier molecular flexibility index (Phi) is 4.96. The molecule has 1 aromatic carbocycles. The van der Waals surface area contributed by atoms with E-state index in [9.17, 15) is 8.42 Å². The molecular formula is C12H19NO3S. The summed E-state index contributed by atoms with van der Waals surface area (Å²) in [5, 5.41) is 3.07. The molecule has 5 heteroatoms. The van der Waals surface area contributed by atoms with Crippen LogP contribution in [0.2, 0.25) is 0 Å². The summed E-state index contributed by atoms with van der Waals surface area (Å²) >= 11 is 0. The molecule has 1 aromatic rings. The molecule has 1 N–H and O–H groups in total. The van der Waals surface area contributed by atoms with E-state index < -0.39 is 9.84 Å². The quantitative estimate of drug-likeness (QED) is 0.791. The van der Waals surface area contributed by atoms with E-state index in [2.05, 4.69) is 5.32 Å². The fourth-order valence-corrected chi connectivity index (χ4v) is 2.28. The van der Waals surface area contributed by atoms with Crippen molar-refractivity contribution in [3.63, 3.8) is 0 Å². The third-order valence-corrected chi connectivity index (χ3v) is 3.31. The highest BCUT2D eigenvalue weighted by atomic mass is 32.2. The van der Waals surface area contributed by atoms with Crippen LogP contribution in [0.25, 0.3) is 0 Å². The van der Waals surface area contributed by atoms with Crippen molar-refractivity contribution in [1.29, 1.82) is 0 Å². The van der Waals surface area contributed by atoms with Gasteiger partial charge >= 0.3 is 0 Å². The number of para-hydroxylation sites is 1. The Balaban J connectivity index is 2.65. The molecular weight excluding hydrogens is 238 g/mol. The maximum Gasteiger partial charge on any atom is 0.177 e. The molecule has 0 bridgehead atoms. The summed E-state index contributed by atoms with van der Waals surface area (Å²) in [5.41, 5.74) is 0.627. The minimum absolute atomic E-state index is 0.182.